The van der Waals surface area contributed by atoms with E-state index in [4.69, 9.17) is 4.74 Å². The van der Waals surface area contributed by atoms with Gasteiger partial charge in [0, 0.05) is 18.7 Å². The van der Waals surface area contributed by atoms with E-state index in [0.29, 0.717) is 24.1 Å². The maximum Gasteiger partial charge on any atom is 0.312 e. The maximum atomic E-state index is 12.6. The number of fused-ring (bicyclic) bond motifs is 1. The van der Waals surface area contributed by atoms with E-state index in [1.54, 1.807) is 30.2 Å². The summed E-state index contributed by atoms with van der Waals surface area (Å²) in [6, 6.07) is 14.8. The average molecular weight is 325 g/mol. The van der Waals surface area contributed by atoms with Gasteiger partial charge in [-0.2, -0.15) is 0 Å². The van der Waals surface area contributed by atoms with Crippen LogP contribution in [0.15, 0.2) is 48.5 Å². The minimum Gasteiger partial charge on any atom is -0.496 e. The van der Waals surface area contributed by atoms with Crippen LogP contribution in [0.25, 0.3) is 0 Å². The molecule has 0 saturated carbocycles. The number of ether oxygens (including phenoxy) is 1. The van der Waals surface area contributed by atoms with Crippen molar-refractivity contribution in [2.75, 3.05) is 18.6 Å². The molecule has 1 aliphatic heterocycles. The number of methoxy groups -OCH3 is 1. The Labute approximate surface area is 140 Å². The molecule has 24 heavy (non-hydrogen) atoms. The first-order valence-electron chi connectivity index (χ1n) is 7.86. The molecule has 2 aromatic carbocycles. The number of amides is 1. The number of aryl methyl sites for hydroxylation is 1. The number of rotatable bonds is 5. The van der Waals surface area contributed by atoms with Gasteiger partial charge < -0.3 is 14.7 Å². The van der Waals surface area contributed by atoms with E-state index in [2.05, 4.69) is 0 Å². The Hall–Kier alpha value is -2.82. The first kappa shape index (κ1) is 16.1. The smallest absolute Gasteiger partial charge is 0.312 e. The van der Waals surface area contributed by atoms with Crippen LogP contribution in [0.3, 0.4) is 0 Å². The molecule has 2 aromatic rings. The van der Waals surface area contributed by atoms with Crippen LogP contribution in [0.5, 0.6) is 5.75 Å². The molecule has 0 aromatic heterocycles. The van der Waals surface area contributed by atoms with Gasteiger partial charge in [-0.05, 0) is 29.7 Å². The number of para-hydroxylation sites is 2. The Morgan fingerprint density at radius 1 is 1.17 bits per heavy atom. The summed E-state index contributed by atoms with van der Waals surface area (Å²) in [5, 5.41) is 9.38. The van der Waals surface area contributed by atoms with Crippen molar-refractivity contribution in [1.82, 2.24) is 0 Å². The Bertz CT molecular complexity index is 771. The zero-order chi connectivity index (χ0) is 17.1. The van der Waals surface area contributed by atoms with Gasteiger partial charge >= 0.3 is 5.97 Å². The molecule has 3 rings (SSSR count). The molecule has 1 unspecified atom stereocenters. The number of carbonyl (C=O) groups is 2. The van der Waals surface area contributed by atoms with Crippen LogP contribution in [0.2, 0.25) is 0 Å². The number of benzene rings is 2. The fourth-order valence-electron chi connectivity index (χ4n) is 3.14. The van der Waals surface area contributed by atoms with E-state index in [1.165, 1.54) is 0 Å². The van der Waals surface area contributed by atoms with Gasteiger partial charge in [-0.3, -0.25) is 9.59 Å². The molecule has 0 saturated heterocycles. The van der Waals surface area contributed by atoms with Crippen LogP contribution in [0.1, 0.15) is 23.5 Å². The molecule has 1 heterocycles. The number of carbonyl (C=O) groups excluding carboxylic acids is 1. The number of nitrogens with zero attached hydrogens (tertiary/aromatic N) is 1. The highest BCUT2D eigenvalue weighted by molar-refractivity contribution is 5.99. The number of carboxylic acids is 1. The normalized spacial score (nSPS) is 15.9. The van der Waals surface area contributed by atoms with Crippen molar-refractivity contribution in [2.24, 2.45) is 0 Å². The van der Waals surface area contributed by atoms with E-state index in [9.17, 15) is 14.7 Å². The molecule has 5 heteroatoms. The average Bonchev–Trinajstić information content (AvgIpc) is 3.00. The Balaban J connectivity index is 1.75. The lowest BCUT2D eigenvalue weighted by molar-refractivity contribution is -0.138. The van der Waals surface area contributed by atoms with Crippen LogP contribution in [-0.4, -0.2) is 30.6 Å². The zero-order valence-corrected chi connectivity index (χ0v) is 13.4. The van der Waals surface area contributed by atoms with E-state index >= 15 is 0 Å². The van der Waals surface area contributed by atoms with E-state index in [0.717, 1.165) is 11.3 Å². The molecule has 0 spiro atoms. The predicted octanol–water partition coefficient (Wildman–Crippen LogP) is 2.84. The van der Waals surface area contributed by atoms with E-state index in [-0.39, 0.29) is 12.5 Å². The van der Waals surface area contributed by atoms with Crippen molar-refractivity contribution >= 4 is 17.6 Å². The quantitative estimate of drug-likeness (QED) is 0.918. The summed E-state index contributed by atoms with van der Waals surface area (Å²) in [7, 11) is 1.61. The molecule has 124 valence electrons. The highest BCUT2D eigenvalue weighted by Crippen LogP contribution is 2.36. The van der Waals surface area contributed by atoms with Gasteiger partial charge in [0.05, 0.1) is 7.11 Å². The second-order valence-corrected chi connectivity index (χ2v) is 5.77. The van der Waals surface area contributed by atoms with Crippen molar-refractivity contribution in [1.29, 1.82) is 0 Å². The third-order valence-corrected chi connectivity index (χ3v) is 4.37. The Kier molecular flexibility index (Phi) is 4.51. The molecule has 0 fully saturated rings. The monoisotopic (exact) mass is 325 g/mol. The minimum atomic E-state index is -0.900. The molecule has 5 nitrogen and oxygen atoms in total. The number of aliphatic carboxylic acids is 1. The summed E-state index contributed by atoms with van der Waals surface area (Å²) in [5.41, 5.74) is 2.38. The predicted molar refractivity (Wildman–Crippen MR) is 90.5 cm³/mol. The van der Waals surface area contributed by atoms with E-state index < -0.39 is 11.9 Å². The summed E-state index contributed by atoms with van der Waals surface area (Å²) < 4.78 is 5.31. The molecule has 0 aliphatic carbocycles. The van der Waals surface area contributed by atoms with Crippen LogP contribution in [-0.2, 0) is 16.0 Å². The molecular weight excluding hydrogens is 306 g/mol. The van der Waals surface area contributed by atoms with Gasteiger partial charge in [-0.25, -0.2) is 0 Å². The summed E-state index contributed by atoms with van der Waals surface area (Å²) in [4.78, 5) is 25.7. The second-order valence-electron chi connectivity index (χ2n) is 5.77. The van der Waals surface area contributed by atoms with Crippen molar-refractivity contribution in [3.8, 4) is 5.75 Å². The van der Waals surface area contributed by atoms with Gasteiger partial charge in [-0.1, -0.05) is 36.4 Å². The number of hydrogen-bond acceptors (Lipinski definition) is 3. The summed E-state index contributed by atoms with van der Waals surface area (Å²) in [6.45, 7) is 0.194. The maximum absolute atomic E-state index is 12.6. The minimum absolute atomic E-state index is 0.0721. The Morgan fingerprint density at radius 3 is 2.62 bits per heavy atom. The summed E-state index contributed by atoms with van der Waals surface area (Å²) in [5.74, 6) is -0.869. The van der Waals surface area contributed by atoms with E-state index in [1.807, 2.05) is 30.3 Å². The molecule has 1 atom stereocenters. The van der Waals surface area contributed by atoms with Crippen LogP contribution < -0.4 is 9.64 Å². The van der Waals surface area contributed by atoms with Crippen LogP contribution in [0, 0.1) is 0 Å². The van der Waals surface area contributed by atoms with Crippen molar-refractivity contribution in [3.63, 3.8) is 0 Å². The molecule has 1 amide bonds. The standard InChI is InChI=1S/C19H19NO4/c1-24-17-9-5-2-6-13(17)10-11-18(21)20-12-15(19(22)23)14-7-3-4-8-16(14)20/h2-9,15H,10-12H2,1H3,(H,22,23). The SMILES string of the molecule is COc1ccccc1CCC(=O)N1CC(C(=O)O)c2ccccc21. The van der Waals surface area contributed by atoms with Gasteiger partial charge in [-0.15, -0.1) is 0 Å². The fourth-order valence-corrected chi connectivity index (χ4v) is 3.14. The molecule has 1 N–H and O–H groups in total. The summed E-state index contributed by atoms with van der Waals surface area (Å²) in [6.07, 6.45) is 0.861. The number of hydrogen-bond donors (Lipinski definition) is 1. The topological polar surface area (TPSA) is 66.8 Å². The van der Waals surface area contributed by atoms with Crippen LogP contribution in [0.4, 0.5) is 5.69 Å². The first-order valence-corrected chi connectivity index (χ1v) is 7.86. The van der Waals surface area contributed by atoms with Crippen LogP contribution >= 0.6 is 0 Å². The lowest BCUT2D eigenvalue weighted by atomic mass is 10.0. The van der Waals surface area contributed by atoms with Gasteiger partial charge in [0.15, 0.2) is 0 Å². The highest BCUT2D eigenvalue weighted by atomic mass is 16.5. The summed E-state index contributed by atoms with van der Waals surface area (Å²) >= 11 is 0. The van der Waals surface area contributed by atoms with Gasteiger partial charge in [0.25, 0.3) is 0 Å². The molecule has 0 bridgehead atoms. The van der Waals surface area contributed by atoms with Crippen molar-refractivity contribution in [2.45, 2.75) is 18.8 Å². The van der Waals surface area contributed by atoms with Gasteiger partial charge in [0.2, 0.25) is 5.91 Å². The number of carboxylic acid groups (broad SMARTS) is 1. The lowest BCUT2D eigenvalue weighted by Gasteiger charge is -2.18. The van der Waals surface area contributed by atoms with Gasteiger partial charge in [0.1, 0.15) is 11.7 Å². The first-order chi connectivity index (χ1) is 11.6. The second kappa shape index (κ2) is 6.74. The number of anilines is 1. The zero-order valence-electron chi connectivity index (χ0n) is 13.4. The fraction of sp³-hybridized carbons (Fsp3) is 0.263. The molecule has 0 radical (unpaired) electrons. The highest BCUT2D eigenvalue weighted by Gasteiger charge is 2.35. The molecular formula is C19H19NO4. The lowest BCUT2D eigenvalue weighted by Crippen LogP contribution is -2.31. The van der Waals surface area contributed by atoms with Crippen molar-refractivity contribution in [3.05, 3.63) is 59.7 Å². The third-order valence-electron chi connectivity index (χ3n) is 4.37. The third kappa shape index (κ3) is 2.97. The molecule has 1 aliphatic rings. The Morgan fingerprint density at radius 2 is 1.88 bits per heavy atom. The largest absolute Gasteiger partial charge is 0.496 e. The van der Waals surface area contributed by atoms with Crippen molar-refractivity contribution < 1.29 is 19.4 Å².